The highest BCUT2D eigenvalue weighted by Gasteiger charge is 2.37. The maximum absolute atomic E-state index is 15.5. The van der Waals surface area contributed by atoms with Crippen LogP contribution in [0.4, 0.5) is 13.2 Å². The molecule has 0 spiro atoms. The van der Waals surface area contributed by atoms with Crippen LogP contribution in [-0.4, -0.2) is 57.4 Å². The van der Waals surface area contributed by atoms with Gasteiger partial charge in [-0.2, -0.15) is 0 Å². The molecule has 0 aromatic heterocycles. The molecule has 196 valence electrons. The predicted octanol–water partition coefficient (Wildman–Crippen LogP) is 4.61. The molecule has 11 heteroatoms. The number of likely N-dealkylation sites (tertiary alicyclic amines) is 1. The number of sulfonamides is 1. The first-order chi connectivity index (χ1) is 16.9. The van der Waals surface area contributed by atoms with Crippen molar-refractivity contribution in [2.75, 3.05) is 32.5 Å². The minimum absolute atomic E-state index is 0.0566. The Morgan fingerprint density at radius 3 is 2.50 bits per heavy atom. The van der Waals surface area contributed by atoms with Gasteiger partial charge in [0, 0.05) is 30.7 Å². The van der Waals surface area contributed by atoms with Crippen molar-refractivity contribution < 1.29 is 31.1 Å². The number of nitrogens with one attached hydrogen (secondary N) is 1. The normalized spacial score (nSPS) is 18.1. The lowest BCUT2D eigenvalue weighted by Crippen LogP contribution is -2.45. The van der Waals surface area contributed by atoms with Crippen molar-refractivity contribution in [3.63, 3.8) is 0 Å². The quantitative estimate of drug-likeness (QED) is 0.499. The fourth-order valence-electron chi connectivity index (χ4n) is 4.34. The van der Waals surface area contributed by atoms with Crippen LogP contribution in [0.5, 0.6) is 5.75 Å². The van der Waals surface area contributed by atoms with Crippen LogP contribution in [0.1, 0.15) is 53.1 Å². The number of hydrogen-bond acceptors (Lipinski definition) is 5. The number of hydrogen-bond donors (Lipinski definition) is 1. The average molecular weight is 545 g/mol. The van der Waals surface area contributed by atoms with E-state index >= 15 is 4.39 Å². The van der Waals surface area contributed by atoms with Crippen molar-refractivity contribution in [2.45, 2.75) is 43.7 Å². The highest BCUT2D eigenvalue weighted by Crippen LogP contribution is 2.45. The summed E-state index contributed by atoms with van der Waals surface area (Å²) in [5, 5.41) is 0.374. The van der Waals surface area contributed by atoms with Gasteiger partial charge in [-0.05, 0) is 67.3 Å². The molecule has 4 rings (SSSR count). The zero-order valence-corrected chi connectivity index (χ0v) is 21.4. The van der Waals surface area contributed by atoms with E-state index in [0.717, 1.165) is 30.7 Å². The summed E-state index contributed by atoms with van der Waals surface area (Å²) in [7, 11) is -3.85. The van der Waals surface area contributed by atoms with Gasteiger partial charge in [-0.15, -0.1) is 0 Å². The molecule has 2 aromatic carbocycles. The largest absolute Gasteiger partial charge is 0.490 e. The SMILES string of the molecule is CS(=O)(=O)NC(=O)c1cc(C2CC2)c(OCC2(F)CCN(CCc3ccc(F)cc3Cl)CC2)cc1F. The molecule has 1 amide bonds. The molecule has 1 N–H and O–H groups in total. The lowest BCUT2D eigenvalue weighted by molar-refractivity contribution is 0.0174. The number of rotatable bonds is 9. The number of carbonyl (C=O) groups excluding carboxylic acids is 1. The van der Waals surface area contributed by atoms with Gasteiger partial charge in [0.15, 0.2) is 0 Å². The van der Waals surface area contributed by atoms with Gasteiger partial charge in [-0.25, -0.2) is 26.3 Å². The Hall–Kier alpha value is -2.30. The Balaban J connectivity index is 1.35. The number of alkyl halides is 1. The number of amides is 1. The van der Waals surface area contributed by atoms with Crippen LogP contribution in [-0.2, 0) is 16.4 Å². The molecule has 0 unspecified atom stereocenters. The average Bonchev–Trinajstić information content (AvgIpc) is 3.62. The first-order valence-electron chi connectivity index (χ1n) is 11.8. The standard InChI is InChI=1S/C25H28ClF3N2O4S/c1-36(33,34)30-24(32)20-13-19(16-2-3-16)23(14-22(20)28)35-15-25(29)7-10-31(11-8-25)9-6-17-4-5-18(27)12-21(17)26/h4-5,12-14,16H,2-3,6-11,15H2,1H3,(H,30,32). The summed E-state index contributed by atoms with van der Waals surface area (Å²) >= 11 is 6.09. The molecule has 2 fully saturated rings. The van der Waals surface area contributed by atoms with E-state index in [1.54, 1.807) is 10.8 Å². The van der Waals surface area contributed by atoms with E-state index in [1.165, 1.54) is 18.2 Å². The molecular formula is C25H28ClF3N2O4S. The van der Waals surface area contributed by atoms with Gasteiger partial charge >= 0.3 is 0 Å². The van der Waals surface area contributed by atoms with Gasteiger partial charge in [0.05, 0.1) is 11.8 Å². The Morgan fingerprint density at radius 2 is 1.89 bits per heavy atom. The van der Waals surface area contributed by atoms with Gasteiger partial charge < -0.3 is 9.64 Å². The van der Waals surface area contributed by atoms with Gasteiger partial charge in [0.1, 0.15) is 29.7 Å². The fraction of sp³-hybridized carbons (Fsp3) is 0.480. The van der Waals surface area contributed by atoms with E-state index < -0.39 is 27.4 Å². The third-order valence-electron chi connectivity index (χ3n) is 6.59. The predicted molar refractivity (Wildman–Crippen MR) is 131 cm³/mol. The molecule has 0 atom stereocenters. The molecule has 0 radical (unpaired) electrons. The molecule has 1 aliphatic carbocycles. The zero-order valence-electron chi connectivity index (χ0n) is 19.8. The first-order valence-corrected chi connectivity index (χ1v) is 14.0. The smallest absolute Gasteiger partial charge is 0.267 e. The van der Waals surface area contributed by atoms with Gasteiger partial charge in [0.2, 0.25) is 10.0 Å². The minimum Gasteiger partial charge on any atom is -0.490 e. The molecule has 0 bridgehead atoms. The molecule has 2 aliphatic rings. The summed E-state index contributed by atoms with van der Waals surface area (Å²) in [6.45, 7) is 1.43. The lowest BCUT2D eigenvalue weighted by Gasteiger charge is -2.36. The topological polar surface area (TPSA) is 75.7 Å². The number of piperidine rings is 1. The second kappa shape index (κ2) is 10.6. The van der Waals surface area contributed by atoms with E-state index in [0.29, 0.717) is 36.6 Å². The summed E-state index contributed by atoms with van der Waals surface area (Å²) < 4.78 is 73.6. The number of ether oxygens (including phenoxy) is 1. The summed E-state index contributed by atoms with van der Waals surface area (Å²) in [5.41, 5.74) is -0.568. The molecule has 36 heavy (non-hydrogen) atoms. The molecule has 1 heterocycles. The van der Waals surface area contributed by atoms with Crippen LogP contribution in [0.25, 0.3) is 0 Å². The Morgan fingerprint density at radius 1 is 1.19 bits per heavy atom. The molecule has 2 aromatic rings. The van der Waals surface area contributed by atoms with Crippen LogP contribution in [0.3, 0.4) is 0 Å². The number of nitrogens with zero attached hydrogens (tertiary/aromatic N) is 1. The van der Waals surface area contributed by atoms with Crippen molar-refractivity contribution in [2.24, 2.45) is 0 Å². The summed E-state index contributed by atoms with van der Waals surface area (Å²) in [4.78, 5) is 14.3. The Labute approximate surface area is 213 Å². The van der Waals surface area contributed by atoms with Crippen molar-refractivity contribution in [3.05, 3.63) is 63.7 Å². The van der Waals surface area contributed by atoms with E-state index in [2.05, 4.69) is 4.90 Å². The van der Waals surface area contributed by atoms with Crippen LogP contribution >= 0.6 is 11.6 Å². The second-order valence-corrected chi connectivity index (χ2v) is 11.8. The zero-order chi connectivity index (χ0) is 26.1. The third-order valence-corrected chi connectivity index (χ3v) is 7.50. The van der Waals surface area contributed by atoms with Crippen LogP contribution in [0.2, 0.25) is 5.02 Å². The number of carbonyl (C=O) groups is 1. The molecule has 6 nitrogen and oxygen atoms in total. The number of benzene rings is 2. The second-order valence-electron chi connectivity index (χ2n) is 9.61. The third kappa shape index (κ3) is 6.92. The van der Waals surface area contributed by atoms with E-state index in [1.807, 2.05) is 0 Å². The van der Waals surface area contributed by atoms with E-state index in [4.69, 9.17) is 16.3 Å². The van der Waals surface area contributed by atoms with Crippen LogP contribution in [0.15, 0.2) is 30.3 Å². The molecule has 1 saturated carbocycles. The Bertz CT molecular complexity index is 1250. The van der Waals surface area contributed by atoms with Crippen molar-refractivity contribution in [1.82, 2.24) is 9.62 Å². The highest BCUT2D eigenvalue weighted by atomic mass is 35.5. The van der Waals surface area contributed by atoms with Crippen LogP contribution in [0, 0.1) is 11.6 Å². The van der Waals surface area contributed by atoms with Gasteiger partial charge in [0.25, 0.3) is 5.91 Å². The van der Waals surface area contributed by atoms with Crippen molar-refractivity contribution in [1.29, 1.82) is 0 Å². The summed E-state index contributed by atoms with van der Waals surface area (Å²) in [5.74, 6) is -2.14. The Kier molecular flexibility index (Phi) is 7.87. The fourth-order valence-corrected chi connectivity index (χ4v) is 5.05. The van der Waals surface area contributed by atoms with Crippen molar-refractivity contribution >= 4 is 27.5 Å². The maximum Gasteiger partial charge on any atom is 0.267 e. The summed E-state index contributed by atoms with van der Waals surface area (Å²) in [6.07, 6.45) is 3.55. The lowest BCUT2D eigenvalue weighted by atomic mass is 9.94. The highest BCUT2D eigenvalue weighted by molar-refractivity contribution is 7.89. The first kappa shape index (κ1) is 26.8. The van der Waals surface area contributed by atoms with E-state index in [9.17, 15) is 22.0 Å². The van der Waals surface area contributed by atoms with Crippen molar-refractivity contribution in [3.8, 4) is 5.75 Å². The molecule has 1 saturated heterocycles. The monoisotopic (exact) mass is 544 g/mol. The maximum atomic E-state index is 15.5. The number of halogens is 4. The molecule has 1 aliphatic heterocycles. The van der Waals surface area contributed by atoms with Crippen LogP contribution < -0.4 is 9.46 Å². The minimum atomic E-state index is -3.85. The van der Waals surface area contributed by atoms with Gasteiger partial charge in [-0.1, -0.05) is 17.7 Å². The van der Waals surface area contributed by atoms with Gasteiger partial charge in [-0.3, -0.25) is 4.79 Å². The molecular weight excluding hydrogens is 517 g/mol. The summed E-state index contributed by atoms with van der Waals surface area (Å²) in [6, 6.07) is 6.64. The van der Waals surface area contributed by atoms with E-state index in [-0.39, 0.29) is 42.5 Å².